The van der Waals surface area contributed by atoms with E-state index in [-0.39, 0.29) is 11.9 Å². The Labute approximate surface area is 59.4 Å². The van der Waals surface area contributed by atoms with E-state index in [1.807, 2.05) is 0 Å². The number of β-lactam (4-membered cyclic amide) rings is 1. The van der Waals surface area contributed by atoms with Gasteiger partial charge in [0.05, 0.1) is 12.0 Å². The minimum Gasteiger partial charge on any atom is -0.392 e. The first-order chi connectivity index (χ1) is 4.66. The molecule has 1 aliphatic heterocycles. The van der Waals surface area contributed by atoms with Crippen molar-refractivity contribution in [2.24, 2.45) is 5.92 Å². The Bertz CT molecular complexity index is 192. The molecule has 1 fully saturated rings. The molecular formula is C7H9NO2. The van der Waals surface area contributed by atoms with Gasteiger partial charge < -0.3 is 10.4 Å². The van der Waals surface area contributed by atoms with Gasteiger partial charge in [0.1, 0.15) is 6.04 Å². The summed E-state index contributed by atoms with van der Waals surface area (Å²) in [6.07, 6.45) is 4.40. The average Bonchev–Trinajstić information content (AvgIpc) is 1.80. The Morgan fingerprint density at radius 3 is 2.70 bits per heavy atom. The zero-order chi connectivity index (χ0) is 7.72. The maximum Gasteiger partial charge on any atom is 0.229 e. The third kappa shape index (κ3) is 0.869. The first-order valence-corrected chi connectivity index (χ1v) is 3.11. The number of carbonyl (C=O) groups is 1. The number of terminal acetylenes is 1. The van der Waals surface area contributed by atoms with Crippen LogP contribution in [0.4, 0.5) is 0 Å². The van der Waals surface area contributed by atoms with Crippen LogP contribution in [0.5, 0.6) is 0 Å². The summed E-state index contributed by atoms with van der Waals surface area (Å²) in [6.45, 7) is 1.56. The highest BCUT2D eigenvalue weighted by Crippen LogP contribution is 2.17. The van der Waals surface area contributed by atoms with Crippen LogP contribution in [0.15, 0.2) is 0 Å². The summed E-state index contributed by atoms with van der Waals surface area (Å²) < 4.78 is 0. The molecule has 0 aromatic rings. The largest absolute Gasteiger partial charge is 0.392 e. The molecule has 0 saturated carbocycles. The summed E-state index contributed by atoms with van der Waals surface area (Å²) in [4.78, 5) is 10.7. The molecule has 0 bridgehead atoms. The van der Waals surface area contributed by atoms with Gasteiger partial charge in [-0.15, -0.1) is 6.42 Å². The number of rotatable bonds is 1. The van der Waals surface area contributed by atoms with E-state index in [1.165, 1.54) is 0 Å². The molecule has 0 radical (unpaired) electrons. The van der Waals surface area contributed by atoms with Crippen LogP contribution in [0.25, 0.3) is 0 Å². The fourth-order valence-electron chi connectivity index (χ4n) is 1.04. The normalized spacial score (nSPS) is 33.5. The third-order valence-corrected chi connectivity index (χ3v) is 1.66. The Balaban J connectivity index is 2.58. The predicted molar refractivity (Wildman–Crippen MR) is 35.9 cm³/mol. The van der Waals surface area contributed by atoms with Gasteiger partial charge in [0.25, 0.3) is 0 Å². The van der Waals surface area contributed by atoms with Crippen LogP contribution >= 0.6 is 0 Å². The molecule has 54 valence electrons. The average molecular weight is 139 g/mol. The number of carbonyl (C=O) groups excluding carboxylic acids is 1. The van der Waals surface area contributed by atoms with E-state index >= 15 is 0 Å². The molecule has 0 unspecified atom stereocenters. The number of aliphatic hydroxyl groups is 1. The highest BCUT2D eigenvalue weighted by Gasteiger charge is 2.41. The molecule has 0 aliphatic carbocycles. The zero-order valence-electron chi connectivity index (χ0n) is 5.66. The topological polar surface area (TPSA) is 49.3 Å². The van der Waals surface area contributed by atoms with Crippen LogP contribution in [0, 0.1) is 18.3 Å². The second-order valence-corrected chi connectivity index (χ2v) is 2.42. The van der Waals surface area contributed by atoms with Gasteiger partial charge in [0.15, 0.2) is 0 Å². The van der Waals surface area contributed by atoms with Crippen molar-refractivity contribution < 1.29 is 9.90 Å². The SMILES string of the molecule is C#C[C@H]1NC(=O)[C@H]1[C@@H](C)O. The summed E-state index contributed by atoms with van der Waals surface area (Å²) in [6, 6.07) is -0.271. The molecule has 0 spiro atoms. The minimum atomic E-state index is -0.644. The van der Waals surface area contributed by atoms with Crippen LogP contribution in [0.3, 0.4) is 0 Å². The van der Waals surface area contributed by atoms with E-state index in [2.05, 4.69) is 11.2 Å². The summed E-state index contributed by atoms with van der Waals surface area (Å²) in [5.41, 5.74) is 0. The molecule has 1 saturated heterocycles. The zero-order valence-corrected chi connectivity index (χ0v) is 5.66. The van der Waals surface area contributed by atoms with Gasteiger partial charge in [0, 0.05) is 0 Å². The van der Waals surface area contributed by atoms with Crippen molar-refractivity contribution >= 4 is 5.91 Å². The highest BCUT2D eigenvalue weighted by molar-refractivity contribution is 5.87. The van der Waals surface area contributed by atoms with Crippen LogP contribution in [-0.2, 0) is 4.79 Å². The Morgan fingerprint density at radius 2 is 2.50 bits per heavy atom. The molecule has 1 rings (SSSR count). The molecule has 0 aromatic heterocycles. The summed E-state index contributed by atoms with van der Waals surface area (Å²) >= 11 is 0. The molecule has 3 atom stereocenters. The van der Waals surface area contributed by atoms with Crippen molar-refractivity contribution in [1.29, 1.82) is 0 Å². The van der Waals surface area contributed by atoms with E-state index in [4.69, 9.17) is 11.5 Å². The number of aliphatic hydroxyl groups excluding tert-OH is 1. The first-order valence-electron chi connectivity index (χ1n) is 3.11. The van der Waals surface area contributed by atoms with Crippen molar-refractivity contribution in [2.45, 2.75) is 19.1 Å². The van der Waals surface area contributed by atoms with Crippen molar-refractivity contribution in [2.75, 3.05) is 0 Å². The molecule has 1 amide bonds. The van der Waals surface area contributed by atoms with Crippen molar-refractivity contribution in [3.05, 3.63) is 0 Å². The van der Waals surface area contributed by atoms with E-state index in [0.29, 0.717) is 0 Å². The van der Waals surface area contributed by atoms with Crippen molar-refractivity contribution in [1.82, 2.24) is 5.32 Å². The monoisotopic (exact) mass is 139 g/mol. The van der Waals surface area contributed by atoms with Gasteiger partial charge in [0.2, 0.25) is 5.91 Å². The number of hydrogen-bond donors (Lipinski definition) is 2. The van der Waals surface area contributed by atoms with Crippen molar-refractivity contribution in [3.8, 4) is 12.3 Å². The quantitative estimate of drug-likeness (QED) is 0.366. The lowest BCUT2D eigenvalue weighted by molar-refractivity contribution is -0.138. The van der Waals surface area contributed by atoms with Crippen LogP contribution in [-0.4, -0.2) is 23.2 Å². The molecule has 3 nitrogen and oxygen atoms in total. The minimum absolute atomic E-state index is 0.155. The maximum absolute atomic E-state index is 10.7. The standard InChI is InChI=1S/C7H9NO2/c1-3-5-6(4(2)9)7(10)8-5/h1,4-6,9H,2H3,(H,8,10)/t4-,5-,6+/m1/s1. The van der Waals surface area contributed by atoms with Gasteiger partial charge in [-0.1, -0.05) is 5.92 Å². The summed E-state index contributed by atoms with van der Waals surface area (Å²) in [7, 11) is 0. The molecule has 2 N–H and O–H groups in total. The number of amides is 1. The van der Waals surface area contributed by atoms with Crippen LogP contribution in [0.2, 0.25) is 0 Å². The molecule has 3 heteroatoms. The second kappa shape index (κ2) is 2.31. The Hall–Kier alpha value is -1.01. The lowest BCUT2D eigenvalue weighted by atomic mass is 9.87. The van der Waals surface area contributed by atoms with Crippen LogP contribution < -0.4 is 5.32 Å². The fourth-order valence-corrected chi connectivity index (χ4v) is 1.04. The van der Waals surface area contributed by atoms with Gasteiger partial charge in [-0.25, -0.2) is 0 Å². The third-order valence-electron chi connectivity index (χ3n) is 1.66. The smallest absolute Gasteiger partial charge is 0.229 e. The Kier molecular flexibility index (Phi) is 1.64. The van der Waals surface area contributed by atoms with Gasteiger partial charge in [-0.2, -0.15) is 0 Å². The maximum atomic E-state index is 10.7. The highest BCUT2D eigenvalue weighted by atomic mass is 16.3. The van der Waals surface area contributed by atoms with E-state index in [0.717, 1.165) is 0 Å². The lowest BCUT2D eigenvalue weighted by Crippen LogP contribution is -2.61. The van der Waals surface area contributed by atoms with Gasteiger partial charge in [-0.3, -0.25) is 4.79 Å². The Morgan fingerprint density at radius 1 is 1.90 bits per heavy atom. The molecular weight excluding hydrogens is 130 g/mol. The number of hydrogen-bond acceptors (Lipinski definition) is 2. The predicted octanol–water partition coefficient (Wildman–Crippen LogP) is -0.885. The fraction of sp³-hybridized carbons (Fsp3) is 0.571. The van der Waals surface area contributed by atoms with Crippen molar-refractivity contribution in [3.63, 3.8) is 0 Å². The first kappa shape index (κ1) is 7.10. The van der Waals surface area contributed by atoms with Gasteiger partial charge in [-0.05, 0) is 6.92 Å². The molecule has 0 aromatic carbocycles. The number of nitrogens with one attached hydrogen (secondary N) is 1. The van der Waals surface area contributed by atoms with Gasteiger partial charge >= 0.3 is 0 Å². The summed E-state index contributed by atoms with van der Waals surface area (Å²) in [5, 5.41) is 11.5. The van der Waals surface area contributed by atoms with E-state index in [1.54, 1.807) is 6.92 Å². The van der Waals surface area contributed by atoms with E-state index < -0.39 is 12.0 Å². The molecule has 1 aliphatic rings. The van der Waals surface area contributed by atoms with E-state index in [9.17, 15) is 4.79 Å². The second-order valence-electron chi connectivity index (χ2n) is 2.42. The lowest BCUT2D eigenvalue weighted by Gasteiger charge is -2.34. The molecule has 10 heavy (non-hydrogen) atoms. The van der Waals surface area contributed by atoms with Crippen LogP contribution in [0.1, 0.15) is 6.92 Å². The summed E-state index contributed by atoms with van der Waals surface area (Å²) in [5.74, 6) is 1.82. The molecule has 1 heterocycles.